The van der Waals surface area contributed by atoms with Gasteiger partial charge in [-0.25, -0.2) is 4.98 Å². The third-order valence-electron chi connectivity index (χ3n) is 3.45. The van der Waals surface area contributed by atoms with E-state index in [1.807, 2.05) is 6.07 Å². The molecule has 4 nitrogen and oxygen atoms in total. The van der Waals surface area contributed by atoms with Crippen LogP contribution in [-0.2, 0) is 0 Å². The monoisotopic (exact) mass is 298 g/mol. The summed E-state index contributed by atoms with van der Waals surface area (Å²) in [6.07, 6.45) is 3.43. The van der Waals surface area contributed by atoms with E-state index in [4.69, 9.17) is 4.98 Å². The van der Waals surface area contributed by atoms with Gasteiger partial charge in [-0.1, -0.05) is 6.92 Å². The van der Waals surface area contributed by atoms with Crippen LogP contribution in [-0.4, -0.2) is 21.5 Å². The van der Waals surface area contributed by atoms with Gasteiger partial charge in [-0.05, 0) is 38.6 Å². The zero-order valence-corrected chi connectivity index (χ0v) is 13.2. The zero-order valence-electron chi connectivity index (χ0n) is 12.4. The average molecular weight is 298 g/mol. The van der Waals surface area contributed by atoms with Gasteiger partial charge in [-0.3, -0.25) is 9.97 Å². The second-order valence-corrected chi connectivity index (χ2v) is 6.04. The summed E-state index contributed by atoms with van der Waals surface area (Å²) in [5.41, 5.74) is 4.02. The Morgan fingerprint density at radius 1 is 1.19 bits per heavy atom. The van der Waals surface area contributed by atoms with E-state index in [-0.39, 0.29) is 0 Å². The Balaban J connectivity index is 2.00. The Hall–Kier alpha value is -1.85. The Morgan fingerprint density at radius 3 is 2.71 bits per heavy atom. The molecule has 0 aliphatic carbocycles. The molecule has 2 aromatic heterocycles. The quantitative estimate of drug-likeness (QED) is 0.797. The number of hydrogen-bond acceptors (Lipinski definition) is 5. The molecule has 3 rings (SSSR count). The molecule has 1 atom stereocenters. The van der Waals surface area contributed by atoms with Gasteiger partial charge in [0.05, 0.1) is 16.7 Å². The molecule has 0 bridgehead atoms. The molecule has 5 heteroatoms. The molecule has 1 unspecified atom stereocenters. The molecular formula is C16H18N4S. The molecule has 3 aromatic rings. The maximum Gasteiger partial charge on any atom is 0.123 e. The Bertz CT molecular complexity index is 766. The van der Waals surface area contributed by atoms with Crippen LogP contribution in [0, 0.1) is 6.92 Å². The molecule has 0 amide bonds. The minimum atomic E-state index is 0.335. The predicted molar refractivity (Wildman–Crippen MR) is 87.5 cm³/mol. The number of thiazole rings is 1. The molecule has 0 saturated carbocycles. The van der Waals surface area contributed by atoms with Gasteiger partial charge < -0.3 is 5.32 Å². The number of nitrogens with zero attached hydrogens (tertiary/aromatic N) is 3. The molecule has 0 saturated heterocycles. The second-order valence-electron chi connectivity index (χ2n) is 5.01. The standard InChI is InChI=1S/C16H18N4S/c1-4-17-10(2)15-11(3)20-16(21-15)12-5-6-13-14(9-12)19-8-7-18-13/h5-10,17H,4H2,1-3H3. The first-order chi connectivity index (χ1) is 10.2. The van der Waals surface area contributed by atoms with E-state index >= 15 is 0 Å². The summed E-state index contributed by atoms with van der Waals surface area (Å²) in [5.74, 6) is 0. The molecule has 0 radical (unpaired) electrons. The number of nitrogens with one attached hydrogen (secondary N) is 1. The largest absolute Gasteiger partial charge is 0.310 e. The summed E-state index contributed by atoms with van der Waals surface area (Å²) in [5, 5.41) is 4.49. The van der Waals surface area contributed by atoms with Gasteiger partial charge in [0, 0.05) is 28.9 Å². The van der Waals surface area contributed by atoms with Crippen LogP contribution in [0.2, 0.25) is 0 Å². The van der Waals surface area contributed by atoms with E-state index in [9.17, 15) is 0 Å². The first kappa shape index (κ1) is 14.1. The van der Waals surface area contributed by atoms with Crippen molar-refractivity contribution in [2.45, 2.75) is 26.8 Å². The number of rotatable bonds is 4. The average Bonchev–Trinajstić information content (AvgIpc) is 2.89. The Kier molecular flexibility index (Phi) is 3.94. The molecule has 0 fully saturated rings. The van der Waals surface area contributed by atoms with Crippen LogP contribution in [0.5, 0.6) is 0 Å². The van der Waals surface area contributed by atoms with Gasteiger partial charge >= 0.3 is 0 Å². The van der Waals surface area contributed by atoms with Gasteiger partial charge in [0.15, 0.2) is 0 Å². The van der Waals surface area contributed by atoms with Crippen LogP contribution >= 0.6 is 11.3 Å². The van der Waals surface area contributed by atoms with Crippen molar-refractivity contribution in [3.05, 3.63) is 41.2 Å². The maximum atomic E-state index is 4.72. The molecule has 108 valence electrons. The van der Waals surface area contributed by atoms with Crippen LogP contribution in [0.1, 0.15) is 30.5 Å². The highest BCUT2D eigenvalue weighted by Gasteiger charge is 2.14. The number of fused-ring (bicyclic) bond motifs is 1. The summed E-state index contributed by atoms with van der Waals surface area (Å²) >= 11 is 1.75. The number of benzene rings is 1. The SMILES string of the molecule is CCNC(C)c1sc(-c2ccc3nccnc3c2)nc1C. The molecule has 0 spiro atoms. The number of aromatic nitrogens is 3. The summed E-state index contributed by atoms with van der Waals surface area (Å²) in [6.45, 7) is 7.33. The highest BCUT2D eigenvalue weighted by Crippen LogP contribution is 2.32. The van der Waals surface area contributed by atoms with Gasteiger partial charge in [0.25, 0.3) is 0 Å². The van der Waals surface area contributed by atoms with Crippen molar-refractivity contribution in [3.8, 4) is 10.6 Å². The van der Waals surface area contributed by atoms with E-state index in [0.29, 0.717) is 6.04 Å². The highest BCUT2D eigenvalue weighted by molar-refractivity contribution is 7.15. The molecule has 1 N–H and O–H groups in total. The fourth-order valence-electron chi connectivity index (χ4n) is 2.43. The van der Waals surface area contributed by atoms with Gasteiger partial charge in [0.1, 0.15) is 5.01 Å². The van der Waals surface area contributed by atoms with Crippen molar-refractivity contribution < 1.29 is 0 Å². The molecule has 1 aromatic carbocycles. The molecule has 2 heterocycles. The van der Waals surface area contributed by atoms with Crippen molar-refractivity contribution in [3.63, 3.8) is 0 Å². The third-order valence-corrected chi connectivity index (χ3v) is 4.84. The van der Waals surface area contributed by atoms with Gasteiger partial charge in [0.2, 0.25) is 0 Å². The lowest BCUT2D eigenvalue weighted by atomic mass is 10.2. The van der Waals surface area contributed by atoms with Crippen LogP contribution in [0.4, 0.5) is 0 Å². The van der Waals surface area contributed by atoms with E-state index in [0.717, 1.165) is 33.8 Å². The lowest BCUT2D eigenvalue weighted by molar-refractivity contribution is 0.603. The van der Waals surface area contributed by atoms with Crippen molar-refractivity contribution in [1.82, 2.24) is 20.3 Å². The van der Waals surface area contributed by atoms with Crippen LogP contribution in [0.25, 0.3) is 21.6 Å². The highest BCUT2D eigenvalue weighted by atomic mass is 32.1. The zero-order chi connectivity index (χ0) is 14.8. The predicted octanol–water partition coefficient (Wildman–Crippen LogP) is 3.73. The smallest absolute Gasteiger partial charge is 0.123 e. The summed E-state index contributed by atoms with van der Waals surface area (Å²) in [4.78, 5) is 14.7. The van der Waals surface area contributed by atoms with Gasteiger partial charge in [-0.2, -0.15) is 0 Å². The second kappa shape index (κ2) is 5.87. The van der Waals surface area contributed by atoms with Crippen LogP contribution in [0.3, 0.4) is 0 Å². The molecule has 21 heavy (non-hydrogen) atoms. The lowest BCUT2D eigenvalue weighted by Gasteiger charge is -2.09. The van der Waals surface area contributed by atoms with E-state index in [1.165, 1.54) is 4.88 Å². The van der Waals surface area contributed by atoms with Crippen molar-refractivity contribution in [2.24, 2.45) is 0 Å². The normalized spacial score (nSPS) is 12.7. The molecule has 0 aliphatic rings. The maximum absolute atomic E-state index is 4.72. The fraction of sp³-hybridized carbons (Fsp3) is 0.312. The lowest BCUT2D eigenvalue weighted by Crippen LogP contribution is -2.17. The third kappa shape index (κ3) is 2.80. The topological polar surface area (TPSA) is 50.7 Å². The van der Waals surface area contributed by atoms with Gasteiger partial charge in [-0.15, -0.1) is 11.3 Å². The molecular weight excluding hydrogens is 280 g/mol. The Morgan fingerprint density at radius 2 is 1.95 bits per heavy atom. The minimum absolute atomic E-state index is 0.335. The van der Waals surface area contributed by atoms with E-state index in [1.54, 1.807) is 23.7 Å². The van der Waals surface area contributed by atoms with Crippen LogP contribution in [0.15, 0.2) is 30.6 Å². The Labute approximate surface area is 128 Å². The summed E-state index contributed by atoms with van der Waals surface area (Å²) in [7, 11) is 0. The van der Waals surface area contributed by atoms with Crippen LogP contribution < -0.4 is 5.32 Å². The van der Waals surface area contributed by atoms with Crippen molar-refractivity contribution >= 4 is 22.4 Å². The first-order valence-corrected chi connectivity index (χ1v) is 7.92. The first-order valence-electron chi connectivity index (χ1n) is 7.11. The fourth-order valence-corrected chi connectivity index (χ4v) is 3.52. The number of aryl methyl sites for hydroxylation is 1. The van der Waals surface area contributed by atoms with E-state index in [2.05, 4.69) is 48.2 Å². The van der Waals surface area contributed by atoms with E-state index < -0.39 is 0 Å². The van der Waals surface area contributed by atoms with Crippen molar-refractivity contribution in [2.75, 3.05) is 6.54 Å². The minimum Gasteiger partial charge on any atom is -0.310 e. The summed E-state index contributed by atoms with van der Waals surface area (Å²) < 4.78 is 0. The number of hydrogen-bond donors (Lipinski definition) is 1. The summed E-state index contributed by atoms with van der Waals surface area (Å²) in [6, 6.07) is 6.46. The molecule has 0 aliphatic heterocycles. The van der Waals surface area contributed by atoms with Crippen molar-refractivity contribution in [1.29, 1.82) is 0 Å².